The molecule has 0 aliphatic carbocycles. The molecule has 0 atom stereocenters. The molecule has 32 heavy (non-hydrogen) atoms. The number of anilines is 1. The molecular formula is C27H21ClN2O2. The van der Waals surface area contributed by atoms with Crippen molar-refractivity contribution in [1.29, 1.82) is 0 Å². The molecule has 0 heterocycles. The van der Waals surface area contributed by atoms with Crippen molar-refractivity contribution in [2.24, 2.45) is 0 Å². The van der Waals surface area contributed by atoms with E-state index in [-0.39, 0.29) is 11.6 Å². The second-order valence-corrected chi connectivity index (χ2v) is 7.84. The van der Waals surface area contributed by atoms with Gasteiger partial charge in [0, 0.05) is 16.3 Å². The van der Waals surface area contributed by atoms with Crippen LogP contribution in [0.15, 0.2) is 96.7 Å². The molecule has 0 unspecified atom stereocenters. The third-order valence-electron chi connectivity index (χ3n) is 5.03. The van der Waals surface area contributed by atoms with Crippen molar-refractivity contribution in [2.75, 3.05) is 5.32 Å². The molecule has 4 nitrogen and oxygen atoms in total. The van der Waals surface area contributed by atoms with Gasteiger partial charge >= 0.3 is 0 Å². The van der Waals surface area contributed by atoms with Crippen molar-refractivity contribution in [1.82, 2.24) is 5.32 Å². The van der Waals surface area contributed by atoms with Gasteiger partial charge in [-0.15, -0.1) is 0 Å². The molecule has 0 radical (unpaired) electrons. The minimum atomic E-state index is -0.430. The van der Waals surface area contributed by atoms with Gasteiger partial charge in [0.15, 0.2) is 0 Å². The van der Waals surface area contributed by atoms with Gasteiger partial charge in [0.2, 0.25) is 0 Å². The van der Waals surface area contributed by atoms with Crippen molar-refractivity contribution in [3.05, 3.63) is 118 Å². The Labute approximate surface area is 191 Å². The molecular weight excluding hydrogens is 420 g/mol. The first kappa shape index (κ1) is 21.3. The molecule has 4 aromatic rings. The van der Waals surface area contributed by atoms with Crippen molar-refractivity contribution in [3.63, 3.8) is 0 Å². The number of hydrogen-bond acceptors (Lipinski definition) is 2. The minimum absolute atomic E-state index is 0.141. The van der Waals surface area contributed by atoms with E-state index >= 15 is 0 Å². The maximum atomic E-state index is 13.1. The number of benzene rings is 4. The van der Waals surface area contributed by atoms with Crippen LogP contribution in [0.5, 0.6) is 0 Å². The molecule has 0 aliphatic rings. The molecule has 0 saturated heterocycles. The van der Waals surface area contributed by atoms with Crippen LogP contribution in [0.2, 0.25) is 5.02 Å². The van der Waals surface area contributed by atoms with E-state index < -0.39 is 5.91 Å². The van der Waals surface area contributed by atoms with Crippen molar-refractivity contribution < 1.29 is 9.59 Å². The van der Waals surface area contributed by atoms with Crippen LogP contribution in [0.25, 0.3) is 16.8 Å². The van der Waals surface area contributed by atoms with Crippen LogP contribution in [-0.2, 0) is 4.79 Å². The largest absolute Gasteiger partial charge is 0.321 e. The maximum absolute atomic E-state index is 13.1. The Bertz CT molecular complexity index is 1300. The summed E-state index contributed by atoms with van der Waals surface area (Å²) >= 11 is 5.94. The van der Waals surface area contributed by atoms with E-state index in [4.69, 9.17) is 11.6 Å². The lowest BCUT2D eigenvalue weighted by atomic mass is 10.0. The zero-order valence-electron chi connectivity index (χ0n) is 17.4. The number of hydrogen-bond donors (Lipinski definition) is 2. The summed E-state index contributed by atoms with van der Waals surface area (Å²) in [5.41, 5.74) is 3.07. The zero-order valence-corrected chi connectivity index (χ0v) is 18.2. The predicted octanol–water partition coefficient (Wildman–Crippen LogP) is 6.21. The number of nitrogens with one attached hydrogen (secondary N) is 2. The molecule has 0 fully saturated rings. The second kappa shape index (κ2) is 9.50. The van der Waals surface area contributed by atoms with Crippen LogP contribution in [-0.4, -0.2) is 11.8 Å². The SMILES string of the molecule is Cc1ccc(C(=O)N/C(=C/c2cccc3ccccc23)C(=O)Nc2ccc(Cl)cc2)cc1. The molecule has 2 amide bonds. The van der Waals surface area contributed by atoms with E-state index in [1.165, 1.54) is 0 Å². The van der Waals surface area contributed by atoms with Crippen LogP contribution < -0.4 is 10.6 Å². The van der Waals surface area contributed by atoms with E-state index in [1.54, 1.807) is 42.5 Å². The van der Waals surface area contributed by atoms with Gasteiger partial charge < -0.3 is 10.6 Å². The topological polar surface area (TPSA) is 58.2 Å². The Kier molecular flexibility index (Phi) is 6.34. The second-order valence-electron chi connectivity index (χ2n) is 7.41. The lowest BCUT2D eigenvalue weighted by Crippen LogP contribution is -2.30. The first-order chi connectivity index (χ1) is 15.5. The molecule has 4 rings (SSSR count). The summed E-state index contributed by atoms with van der Waals surface area (Å²) in [4.78, 5) is 26.0. The van der Waals surface area contributed by atoms with Crippen molar-refractivity contribution in [3.8, 4) is 0 Å². The normalized spacial score (nSPS) is 11.2. The molecule has 0 spiro atoms. The molecule has 0 aliphatic heterocycles. The van der Waals surface area contributed by atoms with E-state index in [1.807, 2.05) is 61.5 Å². The smallest absolute Gasteiger partial charge is 0.272 e. The Morgan fingerprint density at radius 3 is 2.25 bits per heavy atom. The Balaban J connectivity index is 1.70. The highest BCUT2D eigenvalue weighted by atomic mass is 35.5. The highest BCUT2D eigenvalue weighted by Crippen LogP contribution is 2.21. The average Bonchev–Trinajstić information content (AvgIpc) is 2.80. The number of rotatable bonds is 5. The van der Waals surface area contributed by atoms with Gasteiger partial charge in [-0.2, -0.15) is 0 Å². The first-order valence-corrected chi connectivity index (χ1v) is 10.5. The number of carbonyl (C=O) groups excluding carboxylic acids is 2. The number of fused-ring (bicyclic) bond motifs is 1. The van der Waals surface area contributed by atoms with E-state index in [2.05, 4.69) is 10.6 Å². The van der Waals surface area contributed by atoms with Crippen LogP contribution in [0, 0.1) is 6.92 Å². The fourth-order valence-electron chi connectivity index (χ4n) is 3.32. The van der Waals surface area contributed by atoms with Crippen LogP contribution in [0.1, 0.15) is 21.5 Å². The summed E-state index contributed by atoms with van der Waals surface area (Å²) < 4.78 is 0. The Hall–Kier alpha value is -3.89. The van der Waals surface area contributed by atoms with Gasteiger partial charge in [0.05, 0.1) is 0 Å². The summed E-state index contributed by atoms with van der Waals surface area (Å²) in [5, 5.41) is 8.20. The molecule has 0 aromatic heterocycles. The minimum Gasteiger partial charge on any atom is -0.321 e. The van der Waals surface area contributed by atoms with Crippen LogP contribution in [0.3, 0.4) is 0 Å². The van der Waals surface area contributed by atoms with Gasteiger partial charge in [-0.25, -0.2) is 0 Å². The van der Waals surface area contributed by atoms with Gasteiger partial charge in [0.25, 0.3) is 11.8 Å². The van der Waals surface area contributed by atoms with Crippen LogP contribution >= 0.6 is 11.6 Å². The third kappa shape index (κ3) is 5.05. The molecule has 5 heteroatoms. The number of carbonyl (C=O) groups is 2. The first-order valence-electron chi connectivity index (χ1n) is 10.1. The summed E-state index contributed by atoms with van der Waals surface area (Å²) in [6.07, 6.45) is 1.69. The molecule has 0 bridgehead atoms. The zero-order chi connectivity index (χ0) is 22.5. The quantitative estimate of drug-likeness (QED) is 0.362. The molecule has 2 N–H and O–H groups in total. The lowest BCUT2D eigenvalue weighted by molar-refractivity contribution is -0.113. The van der Waals surface area contributed by atoms with Gasteiger partial charge in [0.1, 0.15) is 5.70 Å². The van der Waals surface area contributed by atoms with Gasteiger partial charge in [-0.3, -0.25) is 9.59 Å². The Morgan fingerprint density at radius 1 is 0.812 bits per heavy atom. The van der Waals surface area contributed by atoms with Crippen molar-refractivity contribution >= 4 is 46.0 Å². The summed E-state index contributed by atoms with van der Waals surface area (Å²) in [6, 6.07) is 27.7. The summed E-state index contributed by atoms with van der Waals surface area (Å²) in [7, 11) is 0. The highest BCUT2D eigenvalue weighted by Gasteiger charge is 2.16. The van der Waals surface area contributed by atoms with Gasteiger partial charge in [-0.1, -0.05) is 71.8 Å². The molecule has 4 aromatic carbocycles. The highest BCUT2D eigenvalue weighted by molar-refractivity contribution is 6.30. The number of halogens is 1. The number of amides is 2. The fraction of sp³-hybridized carbons (Fsp3) is 0.0370. The summed E-state index contributed by atoms with van der Waals surface area (Å²) in [5.74, 6) is -0.788. The fourth-order valence-corrected chi connectivity index (χ4v) is 3.45. The van der Waals surface area contributed by atoms with Gasteiger partial charge in [-0.05, 0) is 65.7 Å². The average molecular weight is 441 g/mol. The van der Waals surface area contributed by atoms with E-state index in [0.717, 1.165) is 21.9 Å². The maximum Gasteiger partial charge on any atom is 0.272 e. The monoisotopic (exact) mass is 440 g/mol. The molecule has 0 saturated carbocycles. The summed E-state index contributed by atoms with van der Waals surface area (Å²) in [6.45, 7) is 1.95. The lowest BCUT2D eigenvalue weighted by Gasteiger charge is -2.12. The van der Waals surface area contributed by atoms with Crippen molar-refractivity contribution in [2.45, 2.75) is 6.92 Å². The van der Waals surface area contributed by atoms with Crippen LogP contribution in [0.4, 0.5) is 5.69 Å². The van der Waals surface area contributed by atoms with E-state index in [0.29, 0.717) is 16.3 Å². The standard InChI is InChI=1S/C27H21ClN2O2/c1-18-9-11-20(12-10-18)26(31)30-25(27(32)29-23-15-13-22(28)14-16-23)17-21-7-4-6-19-5-2-3-8-24(19)21/h2-17H,1H3,(H,29,32)(H,30,31)/b25-17+. The third-order valence-corrected chi connectivity index (χ3v) is 5.28. The Morgan fingerprint density at radius 2 is 1.50 bits per heavy atom. The predicted molar refractivity (Wildman–Crippen MR) is 131 cm³/mol. The van der Waals surface area contributed by atoms with E-state index in [9.17, 15) is 9.59 Å². The number of aryl methyl sites for hydroxylation is 1. The molecule has 158 valence electrons.